The molecule has 254 valence electrons. The molecular formula is C38H63N2O5+. The standard InChI is InChI=1S/C38H63N2O5/c1-6-19-40(20-11-9-10-12-21-40)32-25-30-28-14-13-27-24-33(44-34(41)7-2)31(39-17-22-43-23-18-39)26-38(27,5)29(28)15-16-37(30,4)36(32)45-35(42)8-3/h6,27-33,36H,1,7-26H2,2-5H3/q+1/t27?,28-,29-,30+,31?,32?,33?,36?,37+,38+/m1/s1. The minimum absolute atomic E-state index is 0.00947. The topological polar surface area (TPSA) is 65.1 Å². The highest BCUT2D eigenvalue weighted by molar-refractivity contribution is 5.69. The van der Waals surface area contributed by atoms with Gasteiger partial charge in [0.1, 0.15) is 12.1 Å². The number of fused-ring (bicyclic) bond motifs is 5. The molecule has 0 aromatic carbocycles. The van der Waals surface area contributed by atoms with Gasteiger partial charge in [-0.2, -0.15) is 0 Å². The van der Waals surface area contributed by atoms with Crippen LogP contribution in [0.4, 0.5) is 0 Å². The average molecular weight is 628 g/mol. The Kier molecular flexibility index (Phi) is 10.1. The Bertz CT molecular complexity index is 1070. The van der Waals surface area contributed by atoms with Gasteiger partial charge in [0, 0.05) is 43.8 Å². The monoisotopic (exact) mass is 627 g/mol. The van der Waals surface area contributed by atoms with Crippen LogP contribution >= 0.6 is 0 Å². The summed E-state index contributed by atoms with van der Waals surface area (Å²) in [5, 5.41) is 0. The number of rotatable bonds is 8. The third-order valence-electron chi connectivity index (χ3n) is 14.4. The smallest absolute Gasteiger partial charge is 0.306 e. The highest BCUT2D eigenvalue weighted by Gasteiger charge is 2.67. The molecule has 2 heterocycles. The van der Waals surface area contributed by atoms with Crippen molar-refractivity contribution in [3.8, 4) is 0 Å². The number of hydrogen-bond donors (Lipinski definition) is 0. The lowest BCUT2D eigenvalue weighted by Crippen LogP contribution is -2.62. The van der Waals surface area contributed by atoms with Gasteiger partial charge in [0.15, 0.2) is 6.10 Å². The van der Waals surface area contributed by atoms with Crippen LogP contribution in [0.15, 0.2) is 12.7 Å². The summed E-state index contributed by atoms with van der Waals surface area (Å²) in [7, 11) is 0. The van der Waals surface area contributed by atoms with Crippen molar-refractivity contribution < 1.29 is 28.3 Å². The first-order valence-corrected chi connectivity index (χ1v) is 18.9. The fourth-order valence-electron chi connectivity index (χ4n) is 12.1. The molecule has 0 bridgehead atoms. The zero-order chi connectivity index (χ0) is 31.8. The number of morpholine rings is 1. The molecule has 2 aliphatic heterocycles. The minimum Gasteiger partial charge on any atom is -0.461 e. The normalized spacial score (nSPS) is 43.2. The minimum atomic E-state index is -0.0567. The summed E-state index contributed by atoms with van der Waals surface area (Å²) in [6, 6.07) is 0.631. The van der Waals surface area contributed by atoms with Crippen molar-refractivity contribution in [1.82, 2.24) is 4.90 Å². The van der Waals surface area contributed by atoms with E-state index in [0.29, 0.717) is 42.6 Å². The molecule has 4 saturated carbocycles. The van der Waals surface area contributed by atoms with Gasteiger partial charge >= 0.3 is 11.9 Å². The molecule has 0 aromatic heterocycles. The van der Waals surface area contributed by atoms with Crippen molar-refractivity contribution in [3.63, 3.8) is 0 Å². The Morgan fingerprint density at radius 3 is 2.27 bits per heavy atom. The van der Waals surface area contributed by atoms with E-state index in [2.05, 4.69) is 31.4 Å². The van der Waals surface area contributed by atoms with Gasteiger partial charge in [-0.05, 0) is 99.4 Å². The van der Waals surface area contributed by atoms with E-state index in [1.807, 2.05) is 13.8 Å². The molecule has 0 aromatic rings. The van der Waals surface area contributed by atoms with Gasteiger partial charge in [0.2, 0.25) is 0 Å². The number of carbonyl (C=O) groups excluding carboxylic acids is 2. The average Bonchev–Trinajstić information content (AvgIpc) is 3.17. The second kappa shape index (κ2) is 13.6. The molecule has 10 atom stereocenters. The van der Waals surface area contributed by atoms with Crippen LogP contribution < -0.4 is 0 Å². The maximum Gasteiger partial charge on any atom is 0.306 e. The number of nitrogens with zero attached hydrogens (tertiary/aromatic N) is 2. The quantitative estimate of drug-likeness (QED) is 0.173. The van der Waals surface area contributed by atoms with Gasteiger partial charge in [0.25, 0.3) is 0 Å². The number of likely N-dealkylation sites (tertiary alicyclic amines) is 1. The predicted molar refractivity (Wildman–Crippen MR) is 176 cm³/mol. The summed E-state index contributed by atoms with van der Waals surface area (Å²) in [5.41, 5.74) is 0.252. The van der Waals surface area contributed by atoms with E-state index in [4.69, 9.17) is 14.2 Å². The Morgan fingerprint density at radius 2 is 1.60 bits per heavy atom. The lowest BCUT2D eigenvalue weighted by molar-refractivity contribution is -0.948. The number of quaternary nitrogens is 1. The third-order valence-corrected chi connectivity index (χ3v) is 14.4. The molecule has 7 nitrogen and oxygen atoms in total. The number of carbonyl (C=O) groups is 2. The largest absolute Gasteiger partial charge is 0.461 e. The van der Waals surface area contributed by atoms with E-state index in [1.54, 1.807) is 0 Å². The molecule has 6 fully saturated rings. The van der Waals surface area contributed by atoms with Crippen LogP contribution in [0.25, 0.3) is 0 Å². The van der Waals surface area contributed by atoms with Crippen LogP contribution in [0.1, 0.15) is 111 Å². The number of ether oxygens (including phenoxy) is 3. The lowest BCUT2D eigenvalue weighted by Gasteiger charge is -2.62. The van der Waals surface area contributed by atoms with Gasteiger partial charge in [0.05, 0.1) is 32.8 Å². The van der Waals surface area contributed by atoms with Gasteiger partial charge in [-0.1, -0.05) is 34.3 Å². The molecule has 0 spiro atoms. The van der Waals surface area contributed by atoms with Crippen molar-refractivity contribution in [2.24, 2.45) is 34.5 Å². The first-order chi connectivity index (χ1) is 21.7. The van der Waals surface area contributed by atoms with Crippen molar-refractivity contribution in [3.05, 3.63) is 12.7 Å². The summed E-state index contributed by atoms with van der Waals surface area (Å²) in [6.45, 7) is 20.0. The fourth-order valence-corrected chi connectivity index (χ4v) is 12.1. The summed E-state index contributed by atoms with van der Waals surface area (Å²) in [5.74, 6) is 2.41. The van der Waals surface area contributed by atoms with Crippen LogP contribution in [-0.2, 0) is 23.8 Å². The Balaban J connectivity index is 1.31. The maximum atomic E-state index is 13.1. The van der Waals surface area contributed by atoms with E-state index >= 15 is 0 Å². The third kappa shape index (κ3) is 6.05. The zero-order valence-corrected chi connectivity index (χ0v) is 29.0. The maximum absolute atomic E-state index is 13.1. The van der Waals surface area contributed by atoms with Crippen LogP contribution in [0, 0.1) is 34.5 Å². The van der Waals surface area contributed by atoms with E-state index in [0.717, 1.165) is 56.6 Å². The van der Waals surface area contributed by atoms with Gasteiger partial charge < -0.3 is 18.7 Å². The Morgan fingerprint density at radius 1 is 0.911 bits per heavy atom. The molecule has 2 saturated heterocycles. The summed E-state index contributed by atoms with van der Waals surface area (Å²) in [6.07, 6.45) is 16.3. The first kappa shape index (κ1) is 33.5. The lowest BCUT2D eigenvalue weighted by atomic mass is 9.44. The van der Waals surface area contributed by atoms with Crippen LogP contribution in [0.3, 0.4) is 0 Å². The predicted octanol–water partition coefficient (Wildman–Crippen LogP) is 6.54. The molecule has 6 aliphatic rings. The highest BCUT2D eigenvalue weighted by atomic mass is 16.6. The molecular weight excluding hydrogens is 564 g/mol. The molecule has 45 heavy (non-hydrogen) atoms. The molecule has 7 heteroatoms. The molecule has 6 rings (SSSR count). The van der Waals surface area contributed by atoms with Crippen molar-refractivity contribution in [2.75, 3.05) is 45.9 Å². The van der Waals surface area contributed by atoms with Crippen molar-refractivity contribution in [2.45, 2.75) is 135 Å². The molecule has 5 unspecified atom stereocenters. The summed E-state index contributed by atoms with van der Waals surface area (Å²) >= 11 is 0. The van der Waals surface area contributed by atoms with Crippen LogP contribution in [0.5, 0.6) is 0 Å². The molecule has 0 radical (unpaired) electrons. The molecule has 0 N–H and O–H groups in total. The second-order valence-electron chi connectivity index (χ2n) is 16.4. The number of esters is 2. The van der Waals surface area contributed by atoms with E-state index in [1.165, 1.54) is 64.5 Å². The van der Waals surface area contributed by atoms with E-state index in [-0.39, 0.29) is 41.0 Å². The summed E-state index contributed by atoms with van der Waals surface area (Å²) < 4.78 is 19.7. The molecule has 0 amide bonds. The van der Waals surface area contributed by atoms with E-state index in [9.17, 15) is 9.59 Å². The van der Waals surface area contributed by atoms with Crippen LogP contribution in [-0.4, -0.2) is 91.6 Å². The van der Waals surface area contributed by atoms with Crippen molar-refractivity contribution >= 4 is 11.9 Å². The summed E-state index contributed by atoms with van der Waals surface area (Å²) in [4.78, 5) is 28.3. The molecule has 4 aliphatic carbocycles. The van der Waals surface area contributed by atoms with Crippen molar-refractivity contribution in [1.29, 1.82) is 0 Å². The zero-order valence-electron chi connectivity index (χ0n) is 29.0. The second-order valence-corrected chi connectivity index (χ2v) is 16.4. The van der Waals surface area contributed by atoms with E-state index < -0.39 is 0 Å². The SMILES string of the molecule is C=CC[N+]1(C2C[C@H]3[C@@H]4CCC5CC(OC(=O)CC)C(N6CCOCC6)C[C@]5(C)[C@@H]4CC[C@]3(C)C2OC(=O)CC)CCCCCC1. The first-order valence-electron chi connectivity index (χ1n) is 18.9. The fraction of sp³-hybridized carbons (Fsp3) is 0.895. The highest BCUT2D eigenvalue weighted by Crippen LogP contribution is 2.67. The van der Waals surface area contributed by atoms with Gasteiger partial charge in [-0.15, -0.1) is 0 Å². The van der Waals surface area contributed by atoms with Crippen LogP contribution in [0.2, 0.25) is 0 Å². The van der Waals surface area contributed by atoms with Gasteiger partial charge in [-0.25, -0.2) is 0 Å². The van der Waals surface area contributed by atoms with Gasteiger partial charge in [-0.3, -0.25) is 14.5 Å². The number of hydrogen-bond acceptors (Lipinski definition) is 6. The Labute approximate surface area is 273 Å². The Hall–Kier alpha value is -1.44.